The monoisotopic (exact) mass is 251 g/mol. The molecule has 3 heteroatoms. The maximum atomic E-state index is 4.18. The van der Waals surface area contributed by atoms with Crippen LogP contribution in [0.4, 0.5) is 0 Å². The van der Waals surface area contributed by atoms with Crippen molar-refractivity contribution >= 4 is 21.8 Å². The van der Waals surface area contributed by atoms with Gasteiger partial charge in [-0.05, 0) is 50.1 Å². The van der Waals surface area contributed by atoms with Crippen molar-refractivity contribution < 1.29 is 0 Å². The van der Waals surface area contributed by atoms with Gasteiger partial charge >= 0.3 is 0 Å². The minimum atomic E-state index is 0.130. The lowest BCUT2D eigenvalue weighted by molar-refractivity contribution is 0.435. The van der Waals surface area contributed by atoms with E-state index < -0.39 is 0 Å². The first-order chi connectivity index (χ1) is 9.26. The molecule has 1 saturated heterocycles. The summed E-state index contributed by atoms with van der Waals surface area (Å²) in [7, 11) is 0. The zero-order chi connectivity index (χ0) is 12.9. The van der Waals surface area contributed by atoms with Crippen molar-refractivity contribution in [1.82, 2.24) is 15.3 Å². The van der Waals surface area contributed by atoms with Gasteiger partial charge in [0.2, 0.25) is 0 Å². The molecule has 96 valence electrons. The van der Waals surface area contributed by atoms with Gasteiger partial charge in [-0.25, -0.2) is 0 Å². The van der Waals surface area contributed by atoms with E-state index in [9.17, 15) is 0 Å². The molecule has 1 aromatic carbocycles. The van der Waals surface area contributed by atoms with Crippen molar-refractivity contribution in [1.29, 1.82) is 0 Å². The van der Waals surface area contributed by atoms with Crippen LogP contribution in [-0.4, -0.2) is 16.5 Å². The molecule has 0 radical (unpaired) electrons. The average molecular weight is 251 g/mol. The number of fused-ring (bicyclic) bond motifs is 3. The van der Waals surface area contributed by atoms with Crippen LogP contribution in [0.15, 0.2) is 36.7 Å². The van der Waals surface area contributed by atoms with Gasteiger partial charge in [-0.1, -0.05) is 6.07 Å². The van der Waals surface area contributed by atoms with Gasteiger partial charge in [-0.15, -0.1) is 0 Å². The largest absolute Gasteiger partial charge is 0.353 e. The van der Waals surface area contributed by atoms with E-state index in [-0.39, 0.29) is 5.54 Å². The van der Waals surface area contributed by atoms with E-state index in [0.29, 0.717) is 0 Å². The molecule has 1 fully saturated rings. The first kappa shape index (κ1) is 11.0. The van der Waals surface area contributed by atoms with E-state index in [4.69, 9.17) is 0 Å². The van der Waals surface area contributed by atoms with Crippen molar-refractivity contribution in [2.24, 2.45) is 0 Å². The summed E-state index contributed by atoms with van der Waals surface area (Å²) in [5.74, 6) is 0. The molecule has 1 unspecified atom stereocenters. The summed E-state index contributed by atoms with van der Waals surface area (Å²) in [6.45, 7) is 3.42. The normalized spacial score (nSPS) is 23.4. The highest BCUT2D eigenvalue weighted by Crippen LogP contribution is 2.34. The number of aromatic nitrogens is 2. The summed E-state index contributed by atoms with van der Waals surface area (Å²) in [4.78, 5) is 7.60. The van der Waals surface area contributed by atoms with E-state index in [2.05, 4.69) is 46.5 Å². The second kappa shape index (κ2) is 3.81. The summed E-state index contributed by atoms with van der Waals surface area (Å²) >= 11 is 0. The summed E-state index contributed by atoms with van der Waals surface area (Å²) in [6.07, 6.45) is 6.22. The van der Waals surface area contributed by atoms with Gasteiger partial charge in [-0.3, -0.25) is 4.98 Å². The molecule has 0 bridgehead atoms. The summed E-state index contributed by atoms with van der Waals surface area (Å²) in [5, 5.41) is 6.19. The molecular weight excluding hydrogens is 234 g/mol. The molecule has 1 atom stereocenters. The summed E-state index contributed by atoms with van der Waals surface area (Å²) in [5.41, 5.74) is 3.81. The van der Waals surface area contributed by atoms with Crippen molar-refractivity contribution in [3.05, 3.63) is 42.2 Å². The molecule has 3 nitrogen and oxygen atoms in total. The van der Waals surface area contributed by atoms with Gasteiger partial charge in [0.25, 0.3) is 0 Å². The molecule has 0 aliphatic carbocycles. The Balaban J connectivity index is 1.97. The predicted molar refractivity (Wildman–Crippen MR) is 78.2 cm³/mol. The lowest BCUT2D eigenvalue weighted by Gasteiger charge is -2.25. The first-order valence-corrected chi connectivity index (χ1v) is 6.87. The Hall–Kier alpha value is -1.87. The summed E-state index contributed by atoms with van der Waals surface area (Å²) < 4.78 is 0. The van der Waals surface area contributed by atoms with Crippen LogP contribution >= 0.6 is 0 Å². The van der Waals surface area contributed by atoms with E-state index in [1.165, 1.54) is 34.7 Å². The van der Waals surface area contributed by atoms with Crippen LogP contribution in [0.25, 0.3) is 21.8 Å². The molecule has 3 aromatic rings. The second-order valence-electron chi connectivity index (χ2n) is 5.67. The zero-order valence-corrected chi connectivity index (χ0v) is 11.0. The van der Waals surface area contributed by atoms with E-state index in [0.717, 1.165) is 12.1 Å². The van der Waals surface area contributed by atoms with Gasteiger partial charge in [0.05, 0.1) is 11.7 Å². The van der Waals surface area contributed by atoms with Crippen LogP contribution in [0, 0.1) is 0 Å². The van der Waals surface area contributed by atoms with Gasteiger partial charge in [-0.2, -0.15) is 0 Å². The first-order valence-electron chi connectivity index (χ1n) is 6.87. The number of hydrogen-bond acceptors (Lipinski definition) is 2. The van der Waals surface area contributed by atoms with E-state index >= 15 is 0 Å². The quantitative estimate of drug-likeness (QED) is 0.696. The van der Waals surface area contributed by atoms with Crippen molar-refractivity contribution in [2.45, 2.75) is 25.3 Å². The molecule has 1 aliphatic rings. The van der Waals surface area contributed by atoms with Crippen molar-refractivity contribution in [3.63, 3.8) is 0 Å². The number of nitrogens with zero attached hydrogens (tertiary/aromatic N) is 1. The Morgan fingerprint density at radius 2 is 2.11 bits per heavy atom. The molecule has 2 aromatic heterocycles. The average Bonchev–Trinajstić information content (AvgIpc) is 3.02. The Morgan fingerprint density at radius 1 is 1.16 bits per heavy atom. The van der Waals surface area contributed by atoms with Gasteiger partial charge in [0.1, 0.15) is 0 Å². The molecule has 1 aliphatic heterocycles. The Morgan fingerprint density at radius 3 is 2.95 bits per heavy atom. The number of H-pyrrole nitrogens is 1. The van der Waals surface area contributed by atoms with Crippen molar-refractivity contribution in [2.75, 3.05) is 6.54 Å². The lowest BCUT2D eigenvalue weighted by Crippen LogP contribution is -2.32. The third kappa shape index (κ3) is 1.58. The van der Waals surface area contributed by atoms with Gasteiger partial charge < -0.3 is 10.3 Å². The molecule has 0 spiro atoms. The minimum Gasteiger partial charge on any atom is -0.353 e. The van der Waals surface area contributed by atoms with Crippen LogP contribution in [0.3, 0.4) is 0 Å². The molecule has 19 heavy (non-hydrogen) atoms. The van der Waals surface area contributed by atoms with E-state index in [1.54, 1.807) is 0 Å². The van der Waals surface area contributed by atoms with Crippen LogP contribution in [0.2, 0.25) is 0 Å². The standard InChI is InChI=1S/C16H17N3/c1-16(6-2-7-18-16)11-3-4-14-13(9-11)12-5-8-17-10-15(12)19-14/h3-5,8-10,18-19H,2,6-7H2,1H3. The van der Waals surface area contributed by atoms with Crippen molar-refractivity contribution in [3.8, 4) is 0 Å². The highest BCUT2D eigenvalue weighted by Gasteiger charge is 2.30. The number of nitrogens with one attached hydrogen (secondary N) is 2. The smallest absolute Gasteiger partial charge is 0.0651 e. The van der Waals surface area contributed by atoms with Crippen LogP contribution in [0.5, 0.6) is 0 Å². The van der Waals surface area contributed by atoms with Crippen LogP contribution in [0.1, 0.15) is 25.3 Å². The number of rotatable bonds is 1. The maximum Gasteiger partial charge on any atom is 0.0651 e. The Kier molecular flexibility index (Phi) is 2.21. The fourth-order valence-corrected chi connectivity index (χ4v) is 3.23. The van der Waals surface area contributed by atoms with Crippen LogP contribution in [-0.2, 0) is 5.54 Å². The zero-order valence-electron chi connectivity index (χ0n) is 11.0. The Labute approximate surface area is 112 Å². The fraction of sp³-hybridized carbons (Fsp3) is 0.312. The minimum absolute atomic E-state index is 0.130. The highest BCUT2D eigenvalue weighted by atomic mass is 15.0. The number of pyridine rings is 1. The molecule has 2 N–H and O–H groups in total. The molecule has 3 heterocycles. The molecule has 0 amide bonds. The third-order valence-corrected chi connectivity index (χ3v) is 4.41. The number of benzene rings is 1. The second-order valence-corrected chi connectivity index (χ2v) is 5.67. The topological polar surface area (TPSA) is 40.7 Å². The molecule has 4 rings (SSSR count). The fourth-order valence-electron chi connectivity index (χ4n) is 3.23. The number of aromatic amines is 1. The van der Waals surface area contributed by atoms with Gasteiger partial charge in [0.15, 0.2) is 0 Å². The SMILES string of the molecule is CC1(c2ccc3[nH]c4cnccc4c3c2)CCCN1. The molecular formula is C16H17N3. The third-order valence-electron chi connectivity index (χ3n) is 4.41. The number of hydrogen-bond donors (Lipinski definition) is 2. The summed E-state index contributed by atoms with van der Waals surface area (Å²) in [6, 6.07) is 8.84. The maximum absolute atomic E-state index is 4.18. The lowest BCUT2D eigenvalue weighted by atomic mass is 9.89. The van der Waals surface area contributed by atoms with E-state index in [1.807, 2.05) is 12.4 Å². The Bertz CT molecular complexity index is 751. The highest BCUT2D eigenvalue weighted by molar-refractivity contribution is 6.07. The predicted octanol–water partition coefficient (Wildman–Crippen LogP) is 3.31. The van der Waals surface area contributed by atoms with Crippen LogP contribution < -0.4 is 5.32 Å². The van der Waals surface area contributed by atoms with Gasteiger partial charge in [0, 0.05) is 28.0 Å². The molecule has 0 saturated carbocycles.